The van der Waals surface area contributed by atoms with E-state index in [0.717, 1.165) is 31.5 Å². The van der Waals surface area contributed by atoms with E-state index >= 15 is 0 Å². The maximum atomic E-state index is 6.35. The predicted octanol–water partition coefficient (Wildman–Crippen LogP) is 1.76. The molecule has 1 atom stereocenters. The summed E-state index contributed by atoms with van der Waals surface area (Å²) in [5, 5.41) is 4.55. The molecule has 1 heterocycles. The average Bonchev–Trinajstić information content (AvgIpc) is 2.71. The van der Waals surface area contributed by atoms with E-state index < -0.39 is 0 Å². The molecule has 17 heavy (non-hydrogen) atoms. The van der Waals surface area contributed by atoms with Crippen LogP contribution in [0, 0.1) is 0 Å². The molecule has 4 heteroatoms. The SMILES string of the molecule is CCc1cc(CC(N)(CC)COC)n(CC)n1. The second-order valence-corrected chi connectivity index (χ2v) is 4.62. The minimum atomic E-state index is -0.285. The maximum absolute atomic E-state index is 6.35. The fourth-order valence-electron chi connectivity index (χ4n) is 2.03. The van der Waals surface area contributed by atoms with Crippen molar-refractivity contribution in [1.82, 2.24) is 9.78 Å². The van der Waals surface area contributed by atoms with Gasteiger partial charge in [-0.3, -0.25) is 4.68 Å². The molecule has 0 bridgehead atoms. The van der Waals surface area contributed by atoms with Gasteiger partial charge in [0.2, 0.25) is 0 Å². The number of nitrogens with zero attached hydrogens (tertiary/aromatic N) is 2. The summed E-state index contributed by atoms with van der Waals surface area (Å²) in [4.78, 5) is 0. The van der Waals surface area contributed by atoms with Crippen LogP contribution in [0.2, 0.25) is 0 Å². The lowest BCUT2D eigenvalue weighted by atomic mass is 9.92. The van der Waals surface area contributed by atoms with E-state index in [1.54, 1.807) is 7.11 Å². The van der Waals surface area contributed by atoms with E-state index in [2.05, 4.69) is 31.9 Å². The Labute approximate surface area is 104 Å². The molecule has 1 rings (SSSR count). The van der Waals surface area contributed by atoms with Crippen LogP contribution in [0.25, 0.3) is 0 Å². The Kier molecular flexibility index (Phi) is 5.15. The zero-order valence-corrected chi connectivity index (χ0v) is 11.5. The molecular weight excluding hydrogens is 214 g/mol. The first kappa shape index (κ1) is 14.2. The summed E-state index contributed by atoms with van der Waals surface area (Å²) in [6.45, 7) is 7.81. The number of ether oxygens (including phenoxy) is 1. The Balaban J connectivity index is 2.88. The number of methoxy groups -OCH3 is 1. The highest BCUT2D eigenvalue weighted by molar-refractivity contribution is 5.14. The normalized spacial score (nSPS) is 14.9. The molecule has 0 aliphatic heterocycles. The lowest BCUT2D eigenvalue weighted by Crippen LogP contribution is -2.46. The number of rotatable bonds is 7. The summed E-state index contributed by atoms with van der Waals surface area (Å²) in [6, 6.07) is 2.16. The molecule has 98 valence electrons. The number of aryl methyl sites for hydroxylation is 2. The molecule has 4 nitrogen and oxygen atoms in total. The van der Waals surface area contributed by atoms with Gasteiger partial charge < -0.3 is 10.5 Å². The van der Waals surface area contributed by atoms with E-state index in [1.807, 2.05) is 4.68 Å². The Morgan fingerprint density at radius 1 is 1.41 bits per heavy atom. The van der Waals surface area contributed by atoms with Gasteiger partial charge in [0.05, 0.1) is 12.3 Å². The standard InChI is InChI=1S/C13H25N3O/c1-5-11-8-12(16(7-3)15-11)9-13(14,6-2)10-17-4/h8H,5-7,9-10,14H2,1-4H3. The van der Waals surface area contributed by atoms with Gasteiger partial charge in [-0.1, -0.05) is 13.8 Å². The van der Waals surface area contributed by atoms with Crippen LogP contribution >= 0.6 is 0 Å². The van der Waals surface area contributed by atoms with Gasteiger partial charge in [0.15, 0.2) is 0 Å². The minimum absolute atomic E-state index is 0.285. The van der Waals surface area contributed by atoms with E-state index in [-0.39, 0.29) is 5.54 Å². The lowest BCUT2D eigenvalue weighted by molar-refractivity contribution is 0.128. The number of aromatic nitrogens is 2. The van der Waals surface area contributed by atoms with Crippen molar-refractivity contribution < 1.29 is 4.74 Å². The van der Waals surface area contributed by atoms with Crippen LogP contribution < -0.4 is 5.73 Å². The van der Waals surface area contributed by atoms with Crippen LogP contribution in [0.4, 0.5) is 0 Å². The zero-order valence-electron chi connectivity index (χ0n) is 11.5. The largest absolute Gasteiger partial charge is 0.383 e. The smallest absolute Gasteiger partial charge is 0.0646 e. The van der Waals surface area contributed by atoms with Crippen LogP contribution in [-0.2, 0) is 24.1 Å². The van der Waals surface area contributed by atoms with Crippen LogP contribution in [0.15, 0.2) is 6.07 Å². The first-order valence-corrected chi connectivity index (χ1v) is 6.42. The van der Waals surface area contributed by atoms with Crippen molar-refractivity contribution in [3.63, 3.8) is 0 Å². The fraction of sp³-hybridized carbons (Fsp3) is 0.769. The number of hydrogen-bond acceptors (Lipinski definition) is 3. The second-order valence-electron chi connectivity index (χ2n) is 4.62. The van der Waals surface area contributed by atoms with Crippen molar-refractivity contribution in [1.29, 1.82) is 0 Å². The monoisotopic (exact) mass is 239 g/mol. The summed E-state index contributed by atoms with van der Waals surface area (Å²) < 4.78 is 7.27. The van der Waals surface area contributed by atoms with Crippen LogP contribution in [0.3, 0.4) is 0 Å². The quantitative estimate of drug-likeness (QED) is 0.789. The molecular formula is C13H25N3O. The van der Waals surface area contributed by atoms with Gasteiger partial charge in [0.25, 0.3) is 0 Å². The van der Waals surface area contributed by atoms with Crippen molar-refractivity contribution in [2.75, 3.05) is 13.7 Å². The zero-order chi connectivity index (χ0) is 12.9. The molecule has 0 aliphatic rings. The molecule has 0 fully saturated rings. The minimum Gasteiger partial charge on any atom is -0.383 e. The summed E-state index contributed by atoms with van der Waals surface area (Å²) in [5.41, 5.74) is 8.41. The van der Waals surface area contributed by atoms with Crippen molar-refractivity contribution >= 4 is 0 Å². The number of hydrogen-bond donors (Lipinski definition) is 1. The topological polar surface area (TPSA) is 53.1 Å². The Morgan fingerprint density at radius 3 is 2.59 bits per heavy atom. The second kappa shape index (κ2) is 6.17. The van der Waals surface area contributed by atoms with Gasteiger partial charge in [0, 0.05) is 31.3 Å². The molecule has 0 saturated heterocycles. The van der Waals surface area contributed by atoms with E-state index in [4.69, 9.17) is 10.5 Å². The van der Waals surface area contributed by atoms with Gasteiger partial charge in [0.1, 0.15) is 0 Å². The average molecular weight is 239 g/mol. The van der Waals surface area contributed by atoms with Crippen molar-refractivity contribution in [2.45, 2.75) is 52.1 Å². The molecule has 0 spiro atoms. The third-order valence-corrected chi connectivity index (χ3v) is 3.24. The Hall–Kier alpha value is -0.870. The van der Waals surface area contributed by atoms with Crippen molar-refractivity contribution in [3.8, 4) is 0 Å². The molecule has 0 amide bonds. The third kappa shape index (κ3) is 3.54. The highest BCUT2D eigenvalue weighted by Crippen LogP contribution is 2.17. The van der Waals surface area contributed by atoms with Gasteiger partial charge in [-0.15, -0.1) is 0 Å². The van der Waals surface area contributed by atoms with Crippen LogP contribution in [-0.4, -0.2) is 29.0 Å². The fourth-order valence-corrected chi connectivity index (χ4v) is 2.03. The number of nitrogens with two attached hydrogens (primary N) is 1. The summed E-state index contributed by atoms with van der Waals surface area (Å²) in [5.74, 6) is 0. The van der Waals surface area contributed by atoms with E-state index in [0.29, 0.717) is 6.61 Å². The lowest BCUT2D eigenvalue weighted by Gasteiger charge is -2.27. The molecule has 1 aromatic rings. The van der Waals surface area contributed by atoms with Gasteiger partial charge in [-0.2, -0.15) is 5.10 Å². The predicted molar refractivity (Wildman–Crippen MR) is 70.1 cm³/mol. The molecule has 0 aromatic carbocycles. The van der Waals surface area contributed by atoms with E-state index in [9.17, 15) is 0 Å². The summed E-state index contributed by atoms with van der Waals surface area (Å²) >= 11 is 0. The first-order chi connectivity index (χ1) is 8.08. The summed E-state index contributed by atoms with van der Waals surface area (Å²) in [7, 11) is 1.70. The molecule has 2 N–H and O–H groups in total. The van der Waals surface area contributed by atoms with Crippen LogP contribution in [0.5, 0.6) is 0 Å². The Morgan fingerprint density at radius 2 is 2.12 bits per heavy atom. The molecule has 1 unspecified atom stereocenters. The highest BCUT2D eigenvalue weighted by Gasteiger charge is 2.25. The molecule has 1 aromatic heterocycles. The molecule has 0 radical (unpaired) electrons. The van der Waals surface area contributed by atoms with Crippen molar-refractivity contribution in [3.05, 3.63) is 17.5 Å². The highest BCUT2D eigenvalue weighted by atomic mass is 16.5. The van der Waals surface area contributed by atoms with Gasteiger partial charge >= 0.3 is 0 Å². The summed E-state index contributed by atoms with van der Waals surface area (Å²) in [6.07, 6.45) is 2.68. The van der Waals surface area contributed by atoms with Crippen LogP contribution in [0.1, 0.15) is 38.6 Å². The van der Waals surface area contributed by atoms with Gasteiger partial charge in [-0.25, -0.2) is 0 Å². The Bertz CT molecular complexity index is 348. The molecule has 0 saturated carbocycles. The maximum Gasteiger partial charge on any atom is 0.0646 e. The van der Waals surface area contributed by atoms with Gasteiger partial charge in [-0.05, 0) is 25.8 Å². The van der Waals surface area contributed by atoms with E-state index in [1.165, 1.54) is 5.69 Å². The first-order valence-electron chi connectivity index (χ1n) is 6.42. The molecule has 0 aliphatic carbocycles. The third-order valence-electron chi connectivity index (χ3n) is 3.24. The van der Waals surface area contributed by atoms with Crippen molar-refractivity contribution in [2.24, 2.45) is 5.73 Å².